The predicted molar refractivity (Wildman–Crippen MR) is 77.5 cm³/mol. The number of nitrogens with zero attached hydrogens (tertiary/aromatic N) is 2. The van der Waals surface area contributed by atoms with Gasteiger partial charge in [0.1, 0.15) is 11.9 Å². The van der Waals surface area contributed by atoms with Crippen LogP contribution >= 0.6 is 11.8 Å². The van der Waals surface area contributed by atoms with Crippen LogP contribution < -0.4 is 5.32 Å². The Kier molecular flexibility index (Phi) is 5.42. The topological polar surface area (TPSA) is 79.9 Å². The van der Waals surface area contributed by atoms with E-state index in [2.05, 4.69) is 27.4 Å². The van der Waals surface area contributed by atoms with Crippen molar-refractivity contribution in [1.29, 1.82) is 0 Å². The van der Waals surface area contributed by atoms with Gasteiger partial charge in [-0.2, -0.15) is 5.10 Å². The standard InChI is InChI=1S/C13H22N4O2S/c1-3-7-15-13(10-5-6-10,11(18)19-4-2)8-20-12-14-9-16-17-12/h9-10,15H,3-8H2,1-2H3,(H,14,16,17). The van der Waals surface area contributed by atoms with Crippen LogP contribution in [0.15, 0.2) is 11.5 Å². The highest BCUT2D eigenvalue weighted by Gasteiger charge is 2.51. The molecule has 1 aromatic heterocycles. The van der Waals surface area contributed by atoms with Gasteiger partial charge in [0.2, 0.25) is 0 Å². The molecule has 1 aliphatic carbocycles. The molecular weight excluding hydrogens is 276 g/mol. The van der Waals surface area contributed by atoms with Crippen LogP contribution in [0.25, 0.3) is 0 Å². The molecule has 0 aliphatic heterocycles. The molecule has 2 rings (SSSR count). The summed E-state index contributed by atoms with van der Waals surface area (Å²) >= 11 is 1.51. The highest BCUT2D eigenvalue weighted by atomic mass is 32.2. The van der Waals surface area contributed by atoms with Crippen molar-refractivity contribution < 1.29 is 9.53 Å². The van der Waals surface area contributed by atoms with Crippen molar-refractivity contribution in [3.8, 4) is 0 Å². The first kappa shape index (κ1) is 15.3. The molecule has 112 valence electrons. The maximum Gasteiger partial charge on any atom is 0.327 e. The van der Waals surface area contributed by atoms with Gasteiger partial charge in [0.15, 0.2) is 5.16 Å². The van der Waals surface area contributed by atoms with Gasteiger partial charge in [0, 0.05) is 5.75 Å². The Bertz CT molecular complexity index is 422. The smallest absolute Gasteiger partial charge is 0.327 e. The lowest BCUT2D eigenvalue weighted by Gasteiger charge is -2.32. The largest absolute Gasteiger partial charge is 0.465 e. The number of hydrogen-bond acceptors (Lipinski definition) is 6. The molecule has 1 heterocycles. The molecule has 1 atom stereocenters. The van der Waals surface area contributed by atoms with E-state index in [4.69, 9.17) is 4.74 Å². The number of nitrogens with one attached hydrogen (secondary N) is 2. The van der Waals surface area contributed by atoms with Gasteiger partial charge in [-0.15, -0.1) is 0 Å². The van der Waals surface area contributed by atoms with Crippen LogP contribution in [0, 0.1) is 5.92 Å². The summed E-state index contributed by atoms with van der Waals surface area (Å²) < 4.78 is 5.31. The van der Waals surface area contributed by atoms with E-state index in [0.717, 1.165) is 31.0 Å². The van der Waals surface area contributed by atoms with E-state index < -0.39 is 5.54 Å². The second-order valence-electron chi connectivity index (χ2n) is 4.97. The molecule has 0 spiro atoms. The van der Waals surface area contributed by atoms with E-state index >= 15 is 0 Å². The number of rotatable bonds is 9. The fourth-order valence-corrected chi connectivity index (χ4v) is 3.30. The molecule has 0 amide bonds. The van der Waals surface area contributed by atoms with Crippen LogP contribution in [0.2, 0.25) is 0 Å². The van der Waals surface area contributed by atoms with Crippen molar-refractivity contribution in [2.24, 2.45) is 5.92 Å². The molecule has 1 aliphatic rings. The Labute approximate surface area is 123 Å². The summed E-state index contributed by atoms with van der Waals surface area (Å²) in [6, 6.07) is 0. The molecule has 1 saturated carbocycles. The lowest BCUT2D eigenvalue weighted by Crippen LogP contribution is -2.57. The Morgan fingerprint density at radius 3 is 2.95 bits per heavy atom. The van der Waals surface area contributed by atoms with Gasteiger partial charge in [0.05, 0.1) is 6.61 Å². The number of carbonyl (C=O) groups excluding carboxylic acids is 1. The number of aromatic nitrogens is 3. The monoisotopic (exact) mass is 298 g/mol. The molecule has 0 radical (unpaired) electrons. The first-order chi connectivity index (χ1) is 9.73. The number of H-pyrrole nitrogens is 1. The van der Waals surface area contributed by atoms with Gasteiger partial charge in [-0.1, -0.05) is 18.7 Å². The van der Waals surface area contributed by atoms with Crippen LogP contribution in [-0.2, 0) is 9.53 Å². The summed E-state index contributed by atoms with van der Waals surface area (Å²) in [6.07, 6.45) is 4.62. The summed E-state index contributed by atoms with van der Waals surface area (Å²) in [5.41, 5.74) is -0.594. The molecule has 6 nitrogen and oxygen atoms in total. The second-order valence-corrected chi connectivity index (χ2v) is 5.94. The van der Waals surface area contributed by atoms with E-state index in [1.54, 1.807) is 0 Å². The third-order valence-electron chi connectivity index (χ3n) is 3.43. The van der Waals surface area contributed by atoms with E-state index in [-0.39, 0.29) is 5.97 Å². The Morgan fingerprint density at radius 2 is 2.40 bits per heavy atom. The Hall–Kier alpha value is -1.08. The van der Waals surface area contributed by atoms with E-state index in [0.29, 0.717) is 18.3 Å². The molecule has 0 saturated heterocycles. The molecule has 20 heavy (non-hydrogen) atoms. The zero-order valence-electron chi connectivity index (χ0n) is 12.0. The van der Waals surface area contributed by atoms with E-state index in [1.807, 2.05) is 6.92 Å². The van der Waals surface area contributed by atoms with Crippen molar-refractivity contribution in [2.75, 3.05) is 18.9 Å². The third-order valence-corrected chi connectivity index (χ3v) is 4.50. The van der Waals surface area contributed by atoms with Gasteiger partial charge in [0.25, 0.3) is 0 Å². The van der Waals surface area contributed by atoms with Crippen LogP contribution in [0.1, 0.15) is 33.1 Å². The quantitative estimate of drug-likeness (QED) is 0.532. The SMILES string of the molecule is CCCNC(CSc1ncn[nH]1)(C(=O)OCC)C1CC1. The molecular formula is C13H22N4O2S. The highest BCUT2D eigenvalue weighted by molar-refractivity contribution is 7.99. The minimum absolute atomic E-state index is 0.136. The molecule has 2 N–H and O–H groups in total. The summed E-state index contributed by atoms with van der Waals surface area (Å²) in [4.78, 5) is 16.6. The van der Waals surface area contributed by atoms with Crippen LogP contribution in [0.5, 0.6) is 0 Å². The van der Waals surface area contributed by atoms with Crippen LogP contribution in [-0.4, -0.2) is 45.6 Å². The van der Waals surface area contributed by atoms with Crippen molar-refractivity contribution in [3.05, 3.63) is 6.33 Å². The van der Waals surface area contributed by atoms with Gasteiger partial charge in [-0.25, -0.2) is 4.98 Å². The lowest BCUT2D eigenvalue weighted by atomic mass is 9.95. The van der Waals surface area contributed by atoms with Crippen LogP contribution in [0.4, 0.5) is 0 Å². The van der Waals surface area contributed by atoms with Gasteiger partial charge >= 0.3 is 5.97 Å². The summed E-state index contributed by atoms with van der Waals surface area (Å²) in [5.74, 6) is 0.845. The van der Waals surface area contributed by atoms with Gasteiger partial charge in [-0.3, -0.25) is 9.89 Å². The predicted octanol–water partition coefficient (Wildman–Crippen LogP) is 1.61. The Morgan fingerprint density at radius 1 is 1.60 bits per heavy atom. The third kappa shape index (κ3) is 3.52. The summed E-state index contributed by atoms with van der Waals surface area (Å²) in [6.45, 7) is 5.17. The zero-order chi connectivity index (χ0) is 14.4. The van der Waals surface area contributed by atoms with E-state index in [1.165, 1.54) is 18.1 Å². The molecule has 7 heteroatoms. The fourth-order valence-electron chi connectivity index (χ4n) is 2.24. The number of ether oxygens (including phenoxy) is 1. The van der Waals surface area contributed by atoms with Crippen molar-refractivity contribution in [3.63, 3.8) is 0 Å². The average molecular weight is 298 g/mol. The molecule has 0 aromatic carbocycles. The van der Waals surface area contributed by atoms with E-state index in [9.17, 15) is 4.79 Å². The average Bonchev–Trinajstić information content (AvgIpc) is 3.16. The maximum atomic E-state index is 12.5. The number of hydrogen-bond donors (Lipinski definition) is 2. The molecule has 0 bridgehead atoms. The van der Waals surface area contributed by atoms with Crippen molar-refractivity contribution in [1.82, 2.24) is 20.5 Å². The number of esters is 1. The highest BCUT2D eigenvalue weighted by Crippen LogP contribution is 2.42. The minimum Gasteiger partial charge on any atom is -0.465 e. The minimum atomic E-state index is -0.594. The number of aromatic amines is 1. The second kappa shape index (κ2) is 7.08. The molecule has 1 fully saturated rings. The zero-order valence-corrected chi connectivity index (χ0v) is 12.8. The number of thioether (sulfide) groups is 1. The first-order valence-corrected chi connectivity index (χ1v) is 8.12. The first-order valence-electron chi connectivity index (χ1n) is 7.13. The normalized spacial score (nSPS) is 17.7. The Balaban J connectivity index is 2.09. The van der Waals surface area contributed by atoms with Crippen LogP contribution in [0.3, 0.4) is 0 Å². The van der Waals surface area contributed by atoms with Gasteiger partial charge < -0.3 is 10.1 Å². The van der Waals surface area contributed by atoms with Gasteiger partial charge in [-0.05, 0) is 38.6 Å². The summed E-state index contributed by atoms with van der Waals surface area (Å²) in [5, 5.41) is 10.8. The number of carbonyl (C=O) groups is 1. The van der Waals surface area contributed by atoms with Crippen molar-refractivity contribution >= 4 is 17.7 Å². The van der Waals surface area contributed by atoms with Crippen molar-refractivity contribution in [2.45, 2.75) is 43.8 Å². The molecule has 1 unspecified atom stereocenters. The molecule has 1 aromatic rings. The fraction of sp³-hybridized carbons (Fsp3) is 0.769. The summed E-state index contributed by atoms with van der Waals surface area (Å²) in [7, 11) is 0. The maximum absolute atomic E-state index is 12.5. The lowest BCUT2D eigenvalue weighted by molar-refractivity contribution is -0.151.